The van der Waals surface area contributed by atoms with E-state index in [4.69, 9.17) is 16.0 Å². The van der Waals surface area contributed by atoms with Crippen molar-refractivity contribution in [3.8, 4) is 11.5 Å². The summed E-state index contributed by atoms with van der Waals surface area (Å²) in [6.45, 7) is 0.373. The molecule has 0 aliphatic carbocycles. The first-order valence-electron chi connectivity index (χ1n) is 7.00. The highest BCUT2D eigenvalue weighted by atomic mass is 35.5. The molecule has 3 aromatic rings. The molecular formula is C17H14ClN3O2. The van der Waals surface area contributed by atoms with Crippen LogP contribution in [0.1, 0.15) is 5.56 Å². The fraction of sp³-hybridized carbons (Fsp3) is 0.0588. The van der Waals surface area contributed by atoms with E-state index in [9.17, 15) is 4.79 Å². The lowest BCUT2D eigenvalue weighted by atomic mass is 10.2. The van der Waals surface area contributed by atoms with Gasteiger partial charge in [0, 0.05) is 23.5 Å². The van der Waals surface area contributed by atoms with Gasteiger partial charge in [-0.3, -0.25) is 4.98 Å². The van der Waals surface area contributed by atoms with Gasteiger partial charge in [-0.05, 0) is 42.0 Å². The number of urea groups is 1. The molecule has 0 radical (unpaired) electrons. The van der Waals surface area contributed by atoms with Gasteiger partial charge in [0.1, 0.15) is 5.69 Å². The average Bonchev–Trinajstić information content (AvgIpc) is 3.08. The molecule has 116 valence electrons. The number of halogens is 1. The van der Waals surface area contributed by atoms with Crippen LogP contribution in [0.25, 0.3) is 11.5 Å². The van der Waals surface area contributed by atoms with Crippen molar-refractivity contribution in [1.29, 1.82) is 0 Å². The lowest BCUT2D eigenvalue weighted by molar-refractivity contribution is 0.251. The molecular weight excluding hydrogens is 314 g/mol. The fourth-order valence-corrected chi connectivity index (χ4v) is 2.21. The van der Waals surface area contributed by atoms with E-state index in [0.29, 0.717) is 23.0 Å². The summed E-state index contributed by atoms with van der Waals surface area (Å²) in [6, 6.07) is 14.1. The van der Waals surface area contributed by atoms with Gasteiger partial charge in [0.15, 0.2) is 5.76 Å². The van der Waals surface area contributed by atoms with Gasteiger partial charge in [-0.25, -0.2) is 4.79 Å². The quantitative estimate of drug-likeness (QED) is 0.750. The van der Waals surface area contributed by atoms with Gasteiger partial charge < -0.3 is 15.1 Å². The number of carbonyl (C=O) groups is 1. The highest BCUT2D eigenvalue weighted by Crippen LogP contribution is 2.17. The molecule has 0 atom stereocenters. The van der Waals surface area contributed by atoms with Crippen LogP contribution in [0.2, 0.25) is 5.02 Å². The van der Waals surface area contributed by atoms with Crippen LogP contribution in [0.4, 0.5) is 10.5 Å². The Balaban J connectivity index is 1.54. The van der Waals surface area contributed by atoms with Crippen molar-refractivity contribution < 1.29 is 9.21 Å². The van der Waals surface area contributed by atoms with Crippen molar-refractivity contribution in [3.63, 3.8) is 0 Å². The first-order chi connectivity index (χ1) is 11.2. The standard InChI is InChI=1S/C17H14ClN3O2/c18-13-3-1-4-14(9-13)21-17(22)20-11-12-6-7-15(19-10-12)16-5-2-8-23-16/h1-10H,11H2,(H2,20,21,22). The fourth-order valence-electron chi connectivity index (χ4n) is 2.02. The second-order valence-electron chi connectivity index (χ2n) is 4.85. The van der Waals surface area contributed by atoms with E-state index in [1.54, 1.807) is 36.7 Å². The predicted molar refractivity (Wildman–Crippen MR) is 89.2 cm³/mol. The summed E-state index contributed by atoms with van der Waals surface area (Å²) >= 11 is 5.87. The molecule has 0 aliphatic rings. The van der Waals surface area contributed by atoms with Crippen LogP contribution < -0.4 is 10.6 Å². The lowest BCUT2D eigenvalue weighted by Gasteiger charge is -2.08. The Bertz CT molecular complexity index is 786. The molecule has 2 N–H and O–H groups in total. The number of nitrogens with zero attached hydrogens (tertiary/aromatic N) is 1. The van der Waals surface area contributed by atoms with Gasteiger partial charge in [-0.2, -0.15) is 0 Å². The number of furan rings is 1. The topological polar surface area (TPSA) is 67.2 Å². The summed E-state index contributed by atoms with van der Waals surface area (Å²) in [5, 5.41) is 6.05. The molecule has 5 nitrogen and oxygen atoms in total. The Labute approximate surface area is 138 Å². The van der Waals surface area contributed by atoms with Crippen LogP contribution in [0, 0.1) is 0 Å². The van der Waals surface area contributed by atoms with Crippen molar-refractivity contribution in [2.75, 3.05) is 5.32 Å². The van der Waals surface area contributed by atoms with Crippen molar-refractivity contribution in [2.24, 2.45) is 0 Å². The van der Waals surface area contributed by atoms with Crippen molar-refractivity contribution in [1.82, 2.24) is 10.3 Å². The van der Waals surface area contributed by atoms with Crippen LogP contribution in [0.15, 0.2) is 65.4 Å². The van der Waals surface area contributed by atoms with Crippen LogP contribution in [-0.2, 0) is 6.54 Å². The van der Waals surface area contributed by atoms with Gasteiger partial charge in [-0.1, -0.05) is 23.7 Å². The SMILES string of the molecule is O=C(NCc1ccc(-c2ccco2)nc1)Nc1cccc(Cl)c1. The number of pyridine rings is 1. The first-order valence-corrected chi connectivity index (χ1v) is 7.38. The van der Waals surface area contributed by atoms with E-state index in [2.05, 4.69) is 15.6 Å². The number of hydrogen-bond donors (Lipinski definition) is 2. The number of amides is 2. The summed E-state index contributed by atoms with van der Waals surface area (Å²) in [5.74, 6) is 0.711. The Morgan fingerprint density at radius 1 is 1.17 bits per heavy atom. The summed E-state index contributed by atoms with van der Waals surface area (Å²) in [6.07, 6.45) is 3.31. The molecule has 3 rings (SSSR count). The van der Waals surface area contributed by atoms with Crippen molar-refractivity contribution >= 4 is 23.3 Å². The van der Waals surface area contributed by atoms with E-state index in [1.807, 2.05) is 24.3 Å². The third kappa shape index (κ3) is 4.11. The molecule has 0 spiro atoms. The van der Waals surface area contributed by atoms with E-state index >= 15 is 0 Å². The Hall–Kier alpha value is -2.79. The van der Waals surface area contributed by atoms with Crippen LogP contribution in [-0.4, -0.2) is 11.0 Å². The first kappa shape index (κ1) is 15.1. The van der Waals surface area contributed by atoms with E-state index in [1.165, 1.54) is 0 Å². The summed E-state index contributed by atoms with van der Waals surface area (Å²) in [5.41, 5.74) is 2.28. The molecule has 23 heavy (non-hydrogen) atoms. The number of rotatable bonds is 4. The molecule has 2 amide bonds. The van der Waals surface area contributed by atoms with Crippen LogP contribution in [0.3, 0.4) is 0 Å². The molecule has 0 saturated carbocycles. The molecule has 0 bridgehead atoms. The summed E-state index contributed by atoms with van der Waals surface area (Å²) < 4.78 is 5.28. The third-order valence-corrected chi connectivity index (χ3v) is 3.37. The molecule has 6 heteroatoms. The van der Waals surface area contributed by atoms with Gasteiger partial charge in [0.2, 0.25) is 0 Å². The lowest BCUT2D eigenvalue weighted by Crippen LogP contribution is -2.28. The Morgan fingerprint density at radius 3 is 2.78 bits per heavy atom. The number of carbonyl (C=O) groups excluding carboxylic acids is 1. The summed E-state index contributed by atoms with van der Waals surface area (Å²) in [7, 11) is 0. The summed E-state index contributed by atoms with van der Waals surface area (Å²) in [4.78, 5) is 16.2. The van der Waals surface area contributed by atoms with E-state index in [0.717, 1.165) is 11.3 Å². The van der Waals surface area contributed by atoms with Crippen molar-refractivity contribution in [3.05, 3.63) is 71.6 Å². The second-order valence-corrected chi connectivity index (χ2v) is 5.28. The molecule has 0 fully saturated rings. The number of hydrogen-bond acceptors (Lipinski definition) is 3. The van der Waals surface area contributed by atoms with Crippen LogP contribution in [0.5, 0.6) is 0 Å². The maximum absolute atomic E-state index is 11.9. The van der Waals surface area contributed by atoms with Gasteiger partial charge in [0.05, 0.1) is 6.26 Å². The maximum atomic E-state index is 11.9. The molecule has 2 aromatic heterocycles. The molecule has 1 aromatic carbocycles. The Kier molecular flexibility index (Phi) is 4.59. The zero-order chi connectivity index (χ0) is 16.1. The van der Waals surface area contributed by atoms with Gasteiger partial charge in [-0.15, -0.1) is 0 Å². The molecule has 0 saturated heterocycles. The highest BCUT2D eigenvalue weighted by molar-refractivity contribution is 6.30. The predicted octanol–water partition coefficient (Wildman–Crippen LogP) is 4.32. The van der Waals surface area contributed by atoms with E-state index < -0.39 is 0 Å². The minimum Gasteiger partial charge on any atom is -0.463 e. The number of anilines is 1. The van der Waals surface area contributed by atoms with Crippen molar-refractivity contribution in [2.45, 2.75) is 6.54 Å². The number of aromatic nitrogens is 1. The maximum Gasteiger partial charge on any atom is 0.319 e. The van der Waals surface area contributed by atoms with Crippen LogP contribution >= 0.6 is 11.6 Å². The smallest absolute Gasteiger partial charge is 0.319 e. The largest absolute Gasteiger partial charge is 0.463 e. The zero-order valence-electron chi connectivity index (χ0n) is 12.1. The average molecular weight is 328 g/mol. The van der Waals surface area contributed by atoms with E-state index in [-0.39, 0.29) is 6.03 Å². The molecule has 0 aliphatic heterocycles. The minimum atomic E-state index is -0.303. The monoisotopic (exact) mass is 327 g/mol. The minimum absolute atomic E-state index is 0.303. The molecule has 0 unspecified atom stereocenters. The second kappa shape index (κ2) is 6.98. The highest BCUT2D eigenvalue weighted by Gasteiger charge is 2.04. The number of nitrogens with one attached hydrogen (secondary N) is 2. The zero-order valence-corrected chi connectivity index (χ0v) is 12.9. The number of benzene rings is 1. The van der Waals surface area contributed by atoms with Gasteiger partial charge in [0.25, 0.3) is 0 Å². The van der Waals surface area contributed by atoms with Gasteiger partial charge >= 0.3 is 6.03 Å². The third-order valence-electron chi connectivity index (χ3n) is 3.13. The Morgan fingerprint density at radius 2 is 2.09 bits per heavy atom. The molecule has 2 heterocycles. The normalized spacial score (nSPS) is 10.3.